The highest BCUT2D eigenvalue weighted by atomic mass is 32.1. The summed E-state index contributed by atoms with van der Waals surface area (Å²) in [5.41, 5.74) is 4.87. The molecule has 0 spiro atoms. The van der Waals surface area contributed by atoms with Gasteiger partial charge >= 0.3 is 0 Å². The van der Waals surface area contributed by atoms with Gasteiger partial charge in [0, 0.05) is 11.0 Å². The lowest BCUT2D eigenvalue weighted by molar-refractivity contribution is -0.115. The molecule has 0 fully saturated rings. The third-order valence-electron chi connectivity index (χ3n) is 2.21. The van der Waals surface area contributed by atoms with Crippen molar-refractivity contribution in [3.63, 3.8) is 0 Å². The Labute approximate surface area is 134 Å². The monoisotopic (exact) mass is 337 g/mol. The Bertz CT molecular complexity index is 648. The van der Waals surface area contributed by atoms with Gasteiger partial charge in [0.05, 0.1) is 4.88 Å². The SMILES string of the molecule is O=C(/C=C/c1cccs1)NC(=S)NNC(=O)c1cccs1. The lowest BCUT2D eigenvalue weighted by Crippen LogP contribution is -2.48. The zero-order valence-corrected chi connectivity index (χ0v) is 13.1. The molecular weight excluding hydrogens is 326 g/mol. The first-order chi connectivity index (χ1) is 10.1. The molecule has 2 heterocycles. The first-order valence-electron chi connectivity index (χ1n) is 5.81. The first kappa shape index (κ1) is 15.4. The van der Waals surface area contributed by atoms with Gasteiger partial charge in [-0.05, 0) is 41.2 Å². The summed E-state index contributed by atoms with van der Waals surface area (Å²) in [6.07, 6.45) is 3.06. The fourth-order valence-corrected chi connectivity index (χ4v) is 2.70. The second kappa shape index (κ2) is 7.67. The number of carbonyl (C=O) groups excluding carboxylic acids is 2. The van der Waals surface area contributed by atoms with E-state index in [4.69, 9.17) is 12.2 Å². The van der Waals surface area contributed by atoms with Crippen molar-refractivity contribution < 1.29 is 9.59 Å². The zero-order valence-electron chi connectivity index (χ0n) is 10.7. The number of hydrazine groups is 1. The zero-order chi connectivity index (χ0) is 15.1. The van der Waals surface area contributed by atoms with Crippen molar-refractivity contribution in [3.8, 4) is 0 Å². The molecule has 8 heteroatoms. The average Bonchev–Trinajstić information content (AvgIpc) is 3.15. The quantitative estimate of drug-likeness (QED) is 0.456. The van der Waals surface area contributed by atoms with E-state index < -0.39 is 0 Å². The molecule has 0 bridgehead atoms. The number of nitrogens with one attached hydrogen (secondary N) is 3. The Balaban J connectivity index is 1.74. The van der Waals surface area contributed by atoms with Crippen LogP contribution in [-0.2, 0) is 4.79 Å². The summed E-state index contributed by atoms with van der Waals surface area (Å²) >= 11 is 7.74. The Morgan fingerprint density at radius 3 is 2.52 bits per heavy atom. The van der Waals surface area contributed by atoms with E-state index in [0.29, 0.717) is 4.88 Å². The van der Waals surface area contributed by atoms with Crippen molar-refractivity contribution in [2.24, 2.45) is 0 Å². The molecule has 108 valence electrons. The number of carbonyl (C=O) groups is 2. The van der Waals surface area contributed by atoms with Crippen LogP contribution in [0.15, 0.2) is 41.1 Å². The number of amides is 2. The van der Waals surface area contributed by atoms with Crippen LogP contribution in [0.3, 0.4) is 0 Å². The molecule has 0 atom stereocenters. The maximum atomic E-state index is 11.6. The Morgan fingerprint density at radius 2 is 1.86 bits per heavy atom. The van der Waals surface area contributed by atoms with Crippen LogP contribution in [0.1, 0.15) is 14.5 Å². The van der Waals surface area contributed by atoms with Gasteiger partial charge in [-0.1, -0.05) is 12.1 Å². The molecule has 2 aromatic rings. The highest BCUT2D eigenvalue weighted by Gasteiger charge is 2.07. The van der Waals surface area contributed by atoms with Crippen molar-refractivity contribution in [1.82, 2.24) is 16.2 Å². The fourth-order valence-electron chi connectivity index (χ4n) is 1.31. The second-order valence-electron chi connectivity index (χ2n) is 3.72. The van der Waals surface area contributed by atoms with Gasteiger partial charge in [-0.15, -0.1) is 22.7 Å². The highest BCUT2D eigenvalue weighted by molar-refractivity contribution is 7.80. The van der Waals surface area contributed by atoms with E-state index in [-0.39, 0.29) is 16.9 Å². The molecule has 0 saturated heterocycles. The van der Waals surface area contributed by atoms with Gasteiger partial charge < -0.3 is 0 Å². The predicted octanol–water partition coefficient (Wildman–Crippen LogP) is 2.16. The molecule has 2 rings (SSSR count). The summed E-state index contributed by atoms with van der Waals surface area (Å²) in [6, 6.07) is 7.25. The van der Waals surface area contributed by atoms with Crippen LogP contribution in [0.25, 0.3) is 6.08 Å². The van der Waals surface area contributed by atoms with Gasteiger partial charge in [0.1, 0.15) is 0 Å². The minimum Gasteiger partial charge on any atom is -0.298 e. The number of hydrogen-bond donors (Lipinski definition) is 3. The highest BCUT2D eigenvalue weighted by Crippen LogP contribution is 2.09. The van der Waals surface area contributed by atoms with Crippen molar-refractivity contribution in [3.05, 3.63) is 50.9 Å². The van der Waals surface area contributed by atoms with Gasteiger partial charge in [-0.25, -0.2) is 0 Å². The van der Waals surface area contributed by atoms with E-state index in [1.807, 2.05) is 17.5 Å². The maximum Gasteiger partial charge on any atom is 0.279 e. The molecule has 5 nitrogen and oxygen atoms in total. The molecule has 0 radical (unpaired) electrons. The molecule has 2 aromatic heterocycles. The Morgan fingerprint density at radius 1 is 1.10 bits per heavy atom. The second-order valence-corrected chi connectivity index (χ2v) is 6.06. The minimum atomic E-state index is -0.369. The summed E-state index contributed by atoms with van der Waals surface area (Å²) < 4.78 is 0. The topological polar surface area (TPSA) is 70.2 Å². The third-order valence-corrected chi connectivity index (χ3v) is 4.12. The minimum absolute atomic E-state index is 0.0285. The van der Waals surface area contributed by atoms with Gasteiger partial charge in [0.15, 0.2) is 5.11 Å². The molecule has 0 aliphatic rings. The van der Waals surface area contributed by atoms with Crippen LogP contribution in [0.4, 0.5) is 0 Å². The largest absolute Gasteiger partial charge is 0.298 e. The van der Waals surface area contributed by atoms with Crippen molar-refractivity contribution in [1.29, 1.82) is 0 Å². The Kier molecular flexibility index (Phi) is 5.61. The number of rotatable bonds is 3. The number of hydrogen-bond acceptors (Lipinski definition) is 5. The average molecular weight is 337 g/mol. The van der Waals surface area contributed by atoms with Gasteiger partial charge in [-0.3, -0.25) is 25.8 Å². The molecule has 0 aliphatic carbocycles. The summed E-state index contributed by atoms with van der Waals surface area (Å²) in [5.74, 6) is -0.679. The first-order valence-corrected chi connectivity index (χ1v) is 7.98. The lowest BCUT2D eigenvalue weighted by atomic mass is 10.4. The number of thiophene rings is 2. The molecule has 0 aliphatic heterocycles. The standard InChI is InChI=1S/C13H11N3O2S3/c17-11(6-5-9-3-1-7-20-9)14-13(19)16-15-12(18)10-4-2-8-21-10/h1-8H,(H,15,18)(H2,14,16,17,19)/b6-5+. The van der Waals surface area contributed by atoms with Crippen LogP contribution in [0.2, 0.25) is 0 Å². The van der Waals surface area contributed by atoms with Crippen LogP contribution in [0, 0.1) is 0 Å². The van der Waals surface area contributed by atoms with Crippen molar-refractivity contribution in [2.45, 2.75) is 0 Å². The molecule has 3 N–H and O–H groups in total. The molecule has 21 heavy (non-hydrogen) atoms. The van der Waals surface area contributed by atoms with E-state index in [0.717, 1.165) is 4.88 Å². The predicted molar refractivity (Wildman–Crippen MR) is 89.0 cm³/mol. The van der Waals surface area contributed by atoms with Crippen LogP contribution in [0.5, 0.6) is 0 Å². The van der Waals surface area contributed by atoms with Crippen LogP contribution >= 0.6 is 34.9 Å². The molecule has 0 unspecified atom stereocenters. The maximum absolute atomic E-state index is 11.6. The van der Waals surface area contributed by atoms with E-state index in [1.165, 1.54) is 28.7 Å². The lowest BCUT2D eigenvalue weighted by Gasteiger charge is -2.08. The Hall–Kier alpha value is -2.03. The summed E-state index contributed by atoms with van der Waals surface area (Å²) in [6.45, 7) is 0. The summed E-state index contributed by atoms with van der Waals surface area (Å²) in [5, 5.41) is 6.18. The molecule has 2 amide bonds. The van der Waals surface area contributed by atoms with Crippen LogP contribution < -0.4 is 16.2 Å². The molecular formula is C13H11N3O2S3. The van der Waals surface area contributed by atoms with E-state index >= 15 is 0 Å². The van der Waals surface area contributed by atoms with E-state index in [9.17, 15) is 9.59 Å². The van der Waals surface area contributed by atoms with Gasteiger partial charge in [0.2, 0.25) is 5.91 Å². The van der Waals surface area contributed by atoms with E-state index in [1.54, 1.807) is 23.6 Å². The summed E-state index contributed by atoms with van der Waals surface area (Å²) in [7, 11) is 0. The van der Waals surface area contributed by atoms with Gasteiger partial charge in [-0.2, -0.15) is 0 Å². The fraction of sp³-hybridized carbons (Fsp3) is 0. The van der Waals surface area contributed by atoms with Crippen molar-refractivity contribution in [2.75, 3.05) is 0 Å². The molecule has 0 aromatic carbocycles. The smallest absolute Gasteiger partial charge is 0.279 e. The van der Waals surface area contributed by atoms with Gasteiger partial charge in [0.25, 0.3) is 5.91 Å². The molecule has 0 saturated carbocycles. The van der Waals surface area contributed by atoms with E-state index in [2.05, 4.69) is 16.2 Å². The third kappa shape index (κ3) is 5.10. The van der Waals surface area contributed by atoms with Crippen LogP contribution in [-0.4, -0.2) is 16.9 Å². The normalized spacial score (nSPS) is 10.3. The summed E-state index contributed by atoms with van der Waals surface area (Å²) in [4.78, 5) is 24.7. The number of thiocarbonyl (C=S) groups is 1. The van der Waals surface area contributed by atoms with Crippen molar-refractivity contribution >= 4 is 57.9 Å².